The summed E-state index contributed by atoms with van der Waals surface area (Å²) in [5, 5.41) is 5.18. The molecule has 2 aliphatic heterocycles. The van der Waals surface area contributed by atoms with E-state index in [9.17, 15) is 0 Å². The molecule has 0 spiro atoms. The molecule has 0 atom stereocenters. The summed E-state index contributed by atoms with van der Waals surface area (Å²) in [4.78, 5) is 0. The van der Waals surface area contributed by atoms with Crippen molar-refractivity contribution in [2.24, 2.45) is 0 Å². The van der Waals surface area contributed by atoms with Crippen LogP contribution in [-0.4, -0.2) is 9.13 Å². The van der Waals surface area contributed by atoms with Crippen LogP contribution in [0.2, 0.25) is 0 Å². The third kappa shape index (κ3) is 2.20. The highest BCUT2D eigenvalue weighted by Gasteiger charge is 2.26. The van der Waals surface area contributed by atoms with Crippen molar-refractivity contribution in [3.8, 4) is 22.5 Å². The number of pyridine rings is 2. The summed E-state index contributed by atoms with van der Waals surface area (Å²) in [6.07, 6.45) is 0. The first-order chi connectivity index (χ1) is 16.9. The molecule has 2 aliphatic rings. The number of rotatable bonds is 2. The SMILES string of the molecule is c1ccc(-n2c3ccc4cccc5c4c3-c3c4c(cccc42)ccc3n5-c2ccccc2)cc1. The maximum Gasteiger partial charge on any atom is 0.0548 e. The molecule has 0 aromatic heterocycles. The highest BCUT2D eigenvalue weighted by molar-refractivity contribution is 6.26. The van der Waals surface area contributed by atoms with E-state index in [1.54, 1.807) is 0 Å². The van der Waals surface area contributed by atoms with E-state index in [4.69, 9.17) is 0 Å². The van der Waals surface area contributed by atoms with Gasteiger partial charge in [0.25, 0.3) is 0 Å². The fourth-order valence-corrected chi connectivity index (χ4v) is 5.92. The molecule has 158 valence electrons. The Morgan fingerprint density at radius 1 is 0.324 bits per heavy atom. The summed E-state index contributed by atoms with van der Waals surface area (Å²) in [5.74, 6) is 0. The minimum Gasteiger partial charge on any atom is -0.309 e. The lowest BCUT2D eigenvalue weighted by Gasteiger charge is -2.28. The van der Waals surface area contributed by atoms with E-state index in [0.29, 0.717) is 0 Å². The van der Waals surface area contributed by atoms with Crippen LogP contribution in [0.15, 0.2) is 121 Å². The van der Waals surface area contributed by atoms with E-state index in [1.165, 1.54) is 66.1 Å². The van der Waals surface area contributed by atoms with E-state index in [-0.39, 0.29) is 0 Å². The van der Waals surface area contributed by atoms with Crippen molar-refractivity contribution in [3.05, 3.63) is 121 Å². The molecule has 8 rings (SSSR count). The van der Waals surface area contributed by atoms with Crippen molar-refractivity contribution >= 4 is 43.6 Å². The molecular formula is C32H20N2. The van der Waals surface area contributed by atoms with Crippen molar-refractivity contribution in [2.75, 3.05) is 0 Å². The first kappa shape index (κ1) is 17.9. The Hall–Kier alpha value is -4.56. The number of para-hydroxylation sites is 2. The summed E-state index contributed by atoms with van der Waals surface area (Å²) >= 11 is 0. The van der Waals surface area contributed by atoms with Crippen molar-refractivity contribution in [1.29, 1.82) is 0 Å². The highest BCUT2D eigenvalue weighted by Crippen LogP contribution is 2.49. The van der Waals surface area contributed by atoms with Crippen LogP contribution in [0, 0.1) is 0 Å². The average molecular weight is 433 g/mol. The van der Waals surface area contributed by atoms with Crippen molar-refractivity contribution in [2.45, 2.75) is 0 Å². The van der Waals surface area contributed by atoms with Gasteiger partial charge in [0.2, 0.25) is 0 Å². The molecule has 2 heteroatoms. The van der Waals surface area contributed by atoms with Gasteiger partial charge in [0.1, 0.15) is 0 Å². The molecule has 0 saturated carbocycles. The van der Waals surface area contributed by atoms with Crippen LogP contribution in [0.5, 0.6) is 0 Å². The predicted molar refractivity (Wildman–Crippen MR) is 143 cm³/mol. The van der Waals surface area contributed by atoms with Gasteiger partial charge >= 0.3 is 0 Å². The van der Waals surface area contributed by atoms with Crippen LogP contribution in [0.1, 0.15) is 0 Å². The Bertz CT molecular complexity index is 1790. The third-order valence-corrected chi connectivity index (χ3v) is 7.25. The van der Waals surface area contributed by atoms with Crippen LogP contribution in [-0.2, 0) is 0 Å². The molecule has 6 aromatic rings. The van der Waals surface area contributed by atoms with Gasteiger partial charge in [-0.1, -0.05) is 72.8 Å². The summed E-state index contributed by atoms with van der Waals surface area (Å²) in [6.45, 7) is 0. The number of hydrogen-bond acceptors (Lipinski definition) is 0. The standard InChI is InChI=1S/C32H20N2/c1-3-11-23(12-4-1)33-25-15-7-9-21-18-20-28-32(29(21)25)31-27(33)19-17-22-10-8-16-26(30(22)31)34(28)24-13-5-2-6-14-24/h1-20H. The molecule has 0 bridgehead atoms. The molecule has 0 fully saturated rings. The smallest absolute Gasteiger partial charge is 0.0548 e. The molecule has 2 nitrogen and oxygen atoms in total. The van der Waals surface area contributed by atoms with E-state index in [1.807, 2.05) is 0 Å². The molecular weight excluding hydrogens is 412 g/mol. The largest absolute Gasteiger partial charge is 0.309 e. The van der Waals surface area contributed by atoms with Gasteiger partial charge in [-0.2, -0.15) is 0 Å². The second-order valence-corrected chi connectivity index (χ2v) is 9.01. The van der Waals surface area contributed by atoms with Crippen LogP contribution in [0.3, 0.4) is 0 Å². The van der Waals surface area contributed by atoms with E-state index >= 15 is 0 Å². The highest BCUT2D eigenvalue weighted by atomic mass is 15.0. The molecule has 6 aromatic carbocycles. The number of aromatic nitrogens is 2. The zero-order chi connectivity index (χ0) is 22.2. The van der Waals surface area contributed by atoms with Crippen LogP contribution < -0.4 is 0 Å². The molecule has 0 N–H and O–H groups in total. The van der Waals surface area contributed by atoms with Gasteiger partial charge in [-0.3, -0.25) is 0 Å². The molecule has 0 saturated heterocycles. The Morgan fingerprint density at radius 2 is 0.765 bits per heavy atom. The lowest BCUT2D eigenvalue weighted by Crippen LogP contribution is -2.09. The van der Waals surface area contributed by atoms with Gasteiger partial charge in [0.05, 0.1) is 22.1 Å². The summed E-state index contributed by atoms with van der Waals surface area (Å²) in [5.41, 5.74) is 10.00. The van der Waals surface area contributed by atoms with Crippen molar-refractivity contribution in [1.82, 2.24) is 9.13 Å². The topological polar surface area (TPSA) is 9.86 Å². The lowest BCUT2D eigenvalue weighted by atomic mass is 9.87. The fourth-order valence-electron chi connectivity index (χ4n) is 5.92. The first-order valence-electron chi connectivity index (χ1n) is 11.7. The van der Waals surface area contributed by atoms with Crippen molar-refractivity contribution < 1.29 is 0 Å². The van der Waals surface area contributed by atoms with Crippen LogP contribution in [0.25, 0.3) is 66.1 Å². The van der Waals surface area contributed by atoms with Gasteiger partial charge in [0, 0.05) is 33.3 Å². The second-order valence-electron chi connectivity index (χ2n) is 9.01. The minimum absolute atomic E-state index is 1.18. The van der Waals surface area contributed by atoms with Crippen LogP contribution in [0.4, 0.5) is 0 Å². The second kappa shape index (κ2) is 6.49. The van der Waals surface area contributed by atoms with Crippen molar-refractivity contribution in [3.63, 3.8) is 0 Å². The Kier molecular flexibility index (Phi) is 3.42. The van der Waals surface area contributed by atoms with E-state index < -0.39 is 0 Å². The molecule has 0 amide bonds. The molecule has 34 heavy (non-hydrogen) atoms. The Labute approximate surface area is 196 Å². The maximum absolute atomic E-state index is 2.43. The maximum atomic E-state index is 2.43. The Morgan fingerprint density at radius 3 is 1.21 bits per heavy atom. The number of benzene rings is 6. The summed E-state index contributed by atoms with van der Waals surface area (Å²) in [7, 11) is 0. The van der Waals surface area contributed by atoms with E-state index in [2.05, 4.69) is 130 Å². The first-order valence-corrected chi connectivity index (χ1v) is 11.7. The third-order valence-electron chi connectivity index (χ3n) is 7.25. The monoisotopic (exact) mass is 432 g/mol. The van der Waals surface area contributed by atoms with Crippen LogP contribution >= 0.6 is 0 Å². The molecule has 0 aliphatic carbocycles. The van der Waals surface area contributed by atoms with E-state index in [0.717, 1.165) is 0 Å². The van der Waals surface area contributed by atoms with Gasteiger partial charge in [-0.05, 0) is 59.3 Å². The molecule has 0 unspecified atom stereocenters. The number of hydrogen-bond donors (Lipinski definition) is 0. The normalized spacial score (nSPS) is 12.1. The zero-order valence-corrected chi connectivity index (χ0v) is 18.4. The molecule has 0 radical (unpaired) electrons. The van der Waals surface area contributed by atoms with Gasteiger partial charge < -0.3 is 9.13 Å². The predicted octanol–water partition coefficient (Wildman–Crippen LogP) is 8.42. The van der Waals surface area contributed by atoms with Gasteiger partial charge in [-0.25, -0.2) is 0 Å². The summed E-state index contributed by atoms with van der Waals surface area (Å²) in [6, 6.07) is 44.0. The fraction of sp³-hybridized carbons (Fsp3) is 0. The molecule has 2 heterocycles. The lowest BCUT2D eigenvalue weighted by molar-refractivity contribution is 1.14. The summed E-state index contributed by atoms with van der Waals surface area (Å²) < 4.78 is 4.87. The minimum atomic E-state index is 1.18. The zero-order valence-electron chi connectivity index (χ0n) is 18.4. The Balaban J connectivity index is 1.74. The van der Waals surface area contributed by atoms with Gasteiger partial charge in [-0.15, -0.1) is 0 Å². The number of nitrogens with zero attached hydrogens (tertiary/aromatic N) is 2. The average Bonchev–Trinajstić information content (AvgIpc) is 2.91. The quantitative estimate of drug-likeness (QED) is 0.192. The van der Waals surface area contributed by atoms with Gasteiger partial charge in [0.15, 0.2) is 0 Å².